The van der Waals surface area contributed by atoms with Gasteiger partial charge in [0, 0.05) is 16.1 Å². The van der Waals surface area contributed by atoms with E-state index < -0.39 is 0 Å². The summed E-state index contributed by atoms with van der Waals surface area (Å²) in [6.45, 7) is 1.95. The number of hydrogen-bond donors (Lipinski definition) is 2. The first-order valence-corrected chi connectivity index (χ1v) is 6.10. The van der Waals surface area contributed by atoms with Crippen LogP contribution in [0.25, 0.3) is 0 Å². The van der Waals surface area contributed by atoms with E-state index in [2.05, 4.69) is 21.2 Å². The molecule has 1 aromatic carbocycles. The molecule has 0 unspecified atom stereocenters. The molecular formula is C12H14BrNO2. The van der Waals surface area contributed by atoms with Gasteiger partial charge in [0.25, 0.3) is 5.91 Å². The molecule has 1 aliphatic rings. The van der Waals surface area contributed by atoms with Crippen LogP contribution in [-0.4, -0.2) is 23.2 Å². The van der Waals surface area contributed by atoms with Crippen molar-refractivity contribution in [3.8, 4) is 0 Å². The quantitative estimate of drug-likeness (QED) is 0.872. The van der Waals surface area contributed by atoms with Crippen molar-refractivity contribution in [2.24, 2.45) is 0 Å². The monoisotopic (exact) mass is 283 g/mol. The third kappa shape index (κ3) is 2.62. The molecule has 2 rings (SSSR count). The van der Waals surface area contributed by atoms with Crippen molar-refractivity contribution in [2.45, 2.75) is 31.9 Å². The van der Waals surface area contributed by atoms with Gasteiger partial charge in [-0.2, -0.15) is 0 Å². The maximum Gasteiger partial charge on any atom is 0.251 e. The highest BCUT2D eigenvalue weighted by Crippen LogP contribution is 2.21. The number of amides is 1. The second-order valence-corrected chi connectivity index (χ2v) is 5.23. The maximum atomic E-state index is 11.8. The molecule has 1 fully saturated rings. The van der Waals surface area contributed by atoms with Crippen LogP contribution >= 0.6 is 15.9 Å². The Kier molecular flexibility index (Phi) is 3.30. The lowest BCUT2D eigenvalue weighted by Gasteiger charge is -2.31. The van der Waals surface area contributed by atoms with Gasteiger partial charge in [-0.3, -0.25) is 4.79 Å². The van der Waals surface area contributed by atoms with Crippen molar-refractivity contribution in [3.63, 3.8) is 0 Å². The number of aliphatic hydroxyl groups excluding tert-OH is 1. The summed E-state index contributed by atoms with van der Waals surface area (Å²) in [5.41, 5.74) is 1.71. The number of hydrogen-bond acceptors (Lipinski definition) is 2. The molecule has 16 heavy (non-hydrogen) atoms. The van der Waals surface area contributed by atoms with Crippen LogP contribution in [0.3, 0.4) is 0 Å². The van der Waals surface area contributed by atoms with Crippen molar-refractivity contribution in [3.05, 3.63) is 33.8 Å². The number of benzene rings is 1. The van der Waals surface area contributed by atoms with E-state index in [-0.39, 0.29) is 18.1 Å². The number of rotatable bonds is 2. The summed E-state index contributed by atoms with van der Waals surface area (Å²) < 4.78 is 0.909. The van der Waals surface area contributed by atoms with Gasteiger partial charge in [-0.05, 0) is 43.5 Å². The van der Waals surface area contributed by atoms with Crippen molar-refractivity contribution in [1.29, 1.82) is 0 Å². The smallest absolute Gasteiger partial charge is 0.251 e. The Morgan fingerprint density at radius 3 is 2.69 bits per heavy atom. The fourth-order valence-electron chi connectivity index (χ4n) is 1.84. The number of aryl methyl sites for hydroxylation is 1. The standard InChI is InChI=1S/C12H14BrNO2/c1-7-2-8(4-9(13)3-7)12(16)14-10-5-11(15)6-10/h2-4,10-11,15H,5-6H2,1H3,(H,14,16). The molecule has 86 valence electrons. The van der Waals surface area contributed by atoms with Crippen LogP contribution < -0.4 is 5.32 Å². The topological polar surface area (TPSA) is 49.3 Å². The van der Waals surface area contributed by atoms with Gasteiger partial charge in [-0.1, -0.05) is 15.9 Å². The lowest BCUT2D eigenvalue weighted by Crippen LogP contribution is -2.46. The predicted molar refractivity (Wildman–Crippen MR) is 65.4 cm³/mol. The number of halogens is 1. The number of carbonyl (C=O) groups excluding carboxylic acids is 1. The lowest BCUT2D eigenvalue weighted by atomic mass is 9.89. The highest BCUT2D eigenvalue weighted by Gasteiger charge is 2.28. The molecule has 1 amide bonds. The lowest BCUT2D eigenvalue weighted by molar-refractivity contribution is 0.0562. The van der Waals surface area contributed by atoms with E-state index in [1.165, 1.54) is 0 Å². The Bertz CT molecular complexity index is 393. The molecule has 0 aromatic heterocycles. The van der Waals surface area contributed by atoms with E-state index in [4.69, 9.17) is 5.11 Å². The third-order valence-electron chi connectivity index (χ3n) is 2.75. The molecule has 3 nitrogen and oxygen atoms in total. The molecule has 4 heteroatoms. The normalized spacial score (nSPS) is 23.7. The van der Waals surface area contributed by atoms with Crippen LogP contribution in [-0.2, 0) is 0 Å². The van der Waals surface area contributed by atoms with Gasteiger partial charge >= 0.3 is 0 Å². The minimum atomic E-state index is -0.241. The Labute approximate surface area is 103 Å². The molecule has 0 aliphatic heterocycles. The fraction of sp³-hybridized carbons (Fsp3) is 0.417. The summed E-state index contributed by atoms with van der Waals surface area (Å²) in [7, 11) is 0. The Hall–Kier alpha value is -0.870. The highest BCUT2D eigenvalue weighted by atomic mass is 79.9. The SMILES string of the molecule is Cc1cc(Br)cc(C(=O)NC2CC(O)C2)c1. The minimum absolute atomic E-state index is 0.0682. The predicted octanol–water partition coefficient (Wildman–Crippen LogP) is 2.01. The Morgan fingerprint density at radius 2 is 2.12 bits per heavy atom. The molecule has 1 aliphatic carbocycles. The van der Waals surface area contributed by atoms with E-state index in [9.17, 15) is 4.79 Å². The molecule has 0 saturated heterocycles. The average molecular weight is 284 g/mol. The van der Waals surface area contributed by atoms with Crippen LogP contribution in [0.15, 0.2) is 22.7 Å². The van der Waals surface area contributed by atoms with Crippen molar-refractivity contribution in [1.82, 2.24) is 5.32 Å². The van der Waals surface area contributed by atoms with E-state index in [1.54, 1.807) is 6.07 Å². The fourth-order valence-corrected chi connectivity index (χ4v) is 2.45. The van der Waals surface area contributed by atoms with Gasteiger partial charge in [0.15, 0.2) is 0 Å². The zero-order valence-corrected chi connectivity index (χ0v) is 10.6. The summed E-state index contributed by atoms with van der Waals surface area (Å²) in [4.78, 5) is 11.8. The number of carbonyl (C=O) groups is 1. The molecular weight excluding hydrogens is 270 g/mol. The Morgan fingerprint density at radius 1 is 1.44 bits per heavy atom. The summed E-state index contributed by atoms with van der Waals surface area (Å²) in [5.74, 6) is -0.0682. The molecule has 1 saturated carbocycles. The Balaban J connectivity index is 2.03. The minimum Gasteiger partial charge on any atom is -0.393 e. The van der Waals surface area contributed by atoms with Crippen molar-refractivity contribution >= 4 is 21.8 Å². The molecule has 1 aromatic rings. The first-order chi connectivity index (χ1) is 7.54. The van der Waals surface area contributed by atoms with Gasteiger partial charge in [-0.25, -0.2) is 0 Å². The first kappa shape index (κ1) is 11.6. The van der Waals surface area contributed by atoms with Gasteiger partial charge in [0.05, 0.1) is 6.10 Å². The van der Waals surface area contributed by atoms with E-state index in [1.807, 2.05) is 19.1 Å². The maximum absolute atomic E-state index is 11.8. The van der Waals surface area contributed by atoms with Crippen molar-refractivity contribution < 1.29 is 9.90 Å². The third-order valence-corrected chi connectivity index (χ3v) is 3.21. The molecule has 2 N–H and O–H groups in total. The molecule has 0 heterocycles. The summed E-state index contributed by atoms with van der Waals surface area (Å²) >= 11 is 3.37. The highest BCUT2D eigenvalue weighted by molar-refractivity contribution is 9.10. The van der Waals surface area contributed by atoms with Crippen LogP contribution in [0.5, 0.6) is 0 Å². The van der Waals surface area contributed by atoms with Gasteiger partial charge in [0.1, 0.15) is 0 Å². The zero-order valence-electron chi connectivity index (χ0n) is 9.03. The second kappa shape index (κ2) is 4.55. The van der Waals surface area contributed by atoms with Gasteiger partial charge < -0.3 is 10.4 Å². The van der Waals surface area contributed by atoms with Crippen molar-refractivity contribution in [2.75, 3.05) is 0 Å². The first-order valence-electron chi connectivity index (χ1n) is 5.31. The zero-order chi connectivity index (χ0) is 11.7. The number of nitrogens with one attached hydrogen (secondary N) is 1. The van der Waals surface area contributed by atoms with E-state index >= 15 is 0 Å². The van der Waals surface area contributed by atoms with E-state index in [0.717, 1.165) is 10.0 Å². The second-order valence-electron chi connectivity index (χ2n) is 4.31. The van der Waals surface area contributed by atoms with Gasteiger partial charge in [0.2, 0.25) is 0 Å². The van der Waals surface area contributed by atoms with Crippen LogP contribution in [0.4, 0.5) is 0 Å². The van der Waals surface area contributed by atoms with Crippen LogP contribution in [0.1, 0.15) is 28.8 Å². The summed E-state index contributed by atoms with van der Waals surface area (Å²) in [6, 6.07) is 5.75. The molecule has 0 radical (unpaired) electrons. The summed E-state index contributed by atoms with van der Waals surface area (Å²) in [6.07, 6.45) is 1.09. The molecule has 0 atom stereocenters. The summed E-state index contributed by atoms with van der Waals surface area (Å²) in [5, 5.41) is 12.0. The number of aliphatic hydroxyl groups is 1. The van der Waals surface area contributed by atoms with Crippen LogP contribution in [0, 0.1) is 6.92 Å². The van der Waals surface area contributed by atoms with Gasteiger partial charge in [-0.15, -0.1) is 0 Å². The average Bonchev–Trinajstić information content (AvgIpc) is 2.13. The van der Waals surface area contributed by atoms with Crippen LogP contribution in [0.2, 0.25) is 0 Å². The molecule has 0 spiro atoms. The molecule has 0 bridgehead atoms. The van der Waals surface area contributed by atoms with E-state index in [0.29, 0.717) is 18.4 Å². The largest absolute Gasteiger partial charge is 0.393 e.